The minimum atomic E-state index is -0.913. The minimum Gasteiger partial charge on any atom is -0.477 e. The number of carbonyl (C=O) groups is 1. The van der Waals surface area contributed by atoms with Gasteiger partial charge in [0.15, 0.2) is 0 Å². The van der Waals surface area contributed by atoms with E-state index in [1.165, 1.54) is 11.3 Å². The summed E-state index contributed by atoms with van der Waals surface area (Å²) in [5.41, 5.74) is 2.62. The molecule has 0 saturated heterocycles. The topological polar surface area (TPSA) is 62.2 Å². The Kier molecular flexibility index (Phi) is 2.55. The number of nitrogens with one attached hydrogen (secondary N) is 1. The molecule has 0 radical (unpaired) electrons. The summed E-state index contributed by atoms with van der Waals surface area (Å²) >= 11 is 1.21. The van der Waals surface area contributed by atoms with Gasteiger partial charge in [-0.05, 0) is 25.5 Å². The lowest BCUT2D eigenvalue weighted by Gasteiger charge is -2.02. The monoisotopic (exact) mass is 236 g/mol. The molecule has 2 aromatic heterocycles. The summed E-state index contributed by atoms with van der Waals surface area (Å²) < 4.78 is 0. The van der Waals surface area contributed by atoms with E-state index in [-0.39, 0.29) is 0 Å². The number of aryl methyl sites for hydroxylation is 2. The van der Waals surface area contributed by atoms with E-state index in [0.717, 1.165) is 21.5 Å². The summed E-state index contributed by atoms with van der Waals surface area (Å²) in [6.45, 7) is 3.88. The Morgan fingerprint density at radius 2 is 2.19 bits per heavy atom. The van der Waals surface area contributed by atoms with Crippen LogP contribution in [0.2, 0.25) is 0 Å². The van der Waals surface area contributed by atoms with Gasteiger partial charge in [-0.15, -0.1) is 11.3 Å². The molecule has 0 fully saturated rings. The maximum absolute atomic E-state index is 11.1. The van der Waals surface area contributed by atoms with E-state index >= 15 is 0 Å². The summed E-state index contributed by atoms with van der Waals surface area (Å²) in [5.74, 6) is -0.913. The van der Waals surface area contributed by atoms with E-state index in [4.69, 9.17) is 5.11 Å². The molecular formula is C11H12N2O2S. The lowest BCUT2D eigenvalue weighted by molar-refractivity contribution is 0.0703. The average molecular weight is 236 g/mol. The molecule has 0 aliphatic carbocycles. The normalized spacial score (nSPS) is 10.7. The van der Waals surface area contributed by atoms with Crippen molar-refractivity contribution in [1.29, 1.82) is 0 Å². The first-order chi connectivity index (χ1) is 7.54. The molecule has 0 unspecified atom stereocenters. The van der Waals surface area contributed by atoms with Crippen molar-refractivity contribution in [2.75, 3.05) is 12.4 Å². The van der Waals surface area contributed by atoms with E-state index in [1.54, 1.807) is 7.05 Å². The second kappa shape index (κ2) is 3.75. The number of carboxylic acid groups (broad SMARTS) is 1. The molecule has 2 rings (SSSR count). The van der Waals surface area contributed by atoms with E-state index in [2.05, 4.69) is 10.3 Å². The predicted molar refractivity (Wildman–Crippen MR) is 65.6 cm³/mol. The van der Waals surface area contributed by atoms with Crippen molar-refractivity contribution in [2.45, 2.75) is 13.8 Å². The summed E-state index contributed by atoms with van der Waals surface area (Å²) in [6.07, 6.45) is 0. The van der Waals surface area contributed by atoms with Crippen LogP contribution in [0.5, 0.6) is 0 Å². The van der Waals surface area contributed by atoms with Crippen molar-refractivity contribution in [1.82, 2.24) is 4.98 Å². The highest BCUT2D eigenvalue weighted by Crippen LogP contribution is 2.36. The maximum Gasteiger partial charge on any atom is 0.348 e. The molecule has 0 bridgehead atoms. The number of pyridine rings is 1. The predicted octanol–water partition coefficient (Wildman–Crippen LogP) is 2.65. The summed E-state index contributed by atoms with van der Waals surface area (Å²) in [5, 5.41) is 13.0. The molecule has 5 heteroatoms. The first-order valence-corrected chi connectivity index (χ1v) is 5.68. The molecule has 0 amide bonds. The molecular weight excluding hydrogens is 224 g/mol. The van der Waals surface area contributed by atoms with Gasteiger partial charge < -0.3 is 10.4 Å². The number of aromatic nitrogens is 1. The van der Waals surface area contributed by atoms with Crippen LogP contribution in [-0.4, -0.2) is 23.1 Å². The molecule has 16 heavy (non-hydrogen) atoms. The quantitative estimate of drug-likeness (QED) is 0.841. The standard InChI is InChI=1S/C11H12N2O2S/c1-5-4-6(2)13-10-7(5)8(12-3)9(16-10)11(14)15/h4,12H,1-3H3,(H,14,15). The molecule has 0 saturated carbocycles. The molecule has 0 aliphatic rings. The fourth-order valence-electron chi connectivity index (χ4n) is 1.83. The van der Waals surface area contributed by atoms with Crippen molar-refractivity contribution in [3.63, 3.8) is 0 Å². The number of fused-ring (bicyclic) bond motifs is 1. The van der Waals surface area contributed by atoms with Crippen LogP contribution < -0.4 is 5.32 Å². The summed E-state index contributed by atoms with van der Waals surface area (Å²) in [4.78, 5) is 16.5. The van der Waals surface area contributed by atoms with Gasteiger partial charge in [0.1, 0.15) is 9.71 Å². The zero-order valence-corrected chi connectivity index (χ0v) is 10.1. The molecule has 4 nitrogen and oxygen atoms in total. The van der Waals surface area contributed by atoms with Crippen LogP contribution in [0.4, 0.5) is 5.69 Å². The van der Waals surface area contributed by atoms with Crippen molar-refractivity contribution >= 4 is 33.2 Å². The van der Waals surface area contributed by atoms with Crippen LogP contribution in [0.1, 0.15) is 20.9 Å². The molecule has 0 spiro atoms. The number of thiophene rings is 1. The zero-order chi connectivity index (χ0) is 11.9. The highest BCUT2D eigenvalue weighted by Gasteiger charge is 2.19. The van der Waals surface area contributed by atoms with Gasteiger partial charge in [0, 0.05) is 18.1 Å². The zero-order valence-electron chi connectivity index (χ0n) is 9.29. The van der Waals surface area contributed by atoms with Crippen molar-refractivity contribution in [3.8, 4) is 0 Å². The number of hydrogen-bond donors (Lipinski definition) is 2. The number of hydrogen-bond acceptors (Lipinski definition) is 4. The third-order valence-corrected chi connectivity index (χ3v) is 3.50. The molecule has 0 aromatic carbocycles. The number of anilines is 1. The van der Waals surface area contributed by atoms with Crippen LogP contribution in [0, 0.1) is 13.8 Å². The number of nitrogens with zero attached hydrogens (tertiary/aromatic N) is 1. The van der Waals surface area contributed by atoms with Gasteiger partial charge >= 0.3 is 5.97 Å². The minimum absolute atomic E-state index is 0.318. The van der Waals surface area contributed by atoms with Crippen LogP contribution in [0.3, 0.4) is 0 Å². The Morgan fingerprint density at radius 1 is 1.50 bits per heavy atom. The van der Waals surface area contributed by atoms with Gasteiger partial charge in [0.25, 0.3) is 0 Å². The van der Waals surface area contributed by atoms with Gasteiger partial charge in [-0.3, -0.25) is 0 Å². The van der Waals surface area contributed by atoms with Crippen molar-refractivity contribution < 1.29 is 9.90 Å². The molecule has 0 aliphatic heterocycles. The number of carboxylic acids is 1. The highest BCUT2D eigenvalue weighted by molar-refractivity contribution is 7.21. The van der Waals surface area contributed by atoms with Crippen LogP contribution >= 0.6 is 11.3 Å². The summed E-state index contributed by atoms with van der Waals surface area (Å²) in [7, 11) is 1.73. The van der Waals surface area contributed by atoms with Crippen LogP contribution in [0.25, 0.3) is 10.2 Å². The second-order valence-electron chi connectivity index (χ2n) is 3.62. The Balaban J connectivity index is 2.87. The van der Waals surface area contributed by atoms with Crippen molar-refractivity contribution in [2.24, 2.45) is 0 Å². The van der Waals surface area contributed by atoms with Gasteiger partial charge in [-0.2, -0.15) is 0 Å². The Bertz CT molecular complexity index is 575. The maximum atomic E-state index is 11.1. The third kappa shape index (κ3) is 1.53. The Labute approximate surface area is 96.9 Å². The van der Waals surface area contributed by atoms with E-state index < -0.39 is 5.97 Å². The fraction of sp³-hybridized carbons (Fsp3) is 0.273. The SMILES string of the molecule is CNc1c(C(=O)O)sc2nc(C)cc(C)c12. The van der Waals surface area contributed by atoms with Crippen LogP contribution in [0.15, 0.2) is 6.07 Å². The molecule has 84 valence electrons. The first kappa shape index (κ1) is 10.9. The second-order valence-corrected chi connectivity index (χ2v) is 4.62. The van der Waals surface area contributed by atoms with Crippen LogP contribution in [-0.2, 0) is 0 Å². The van der Waals surface area contributed by atoms with E-state index in [9.17, 15) is 4.79 Å². The fourth-order valence-corrected chi connectivity index (χ4v) is 2.97. The van der Waals surface area contributed by atoms with Gasteiger partial charge in [-0.1, -0.05) is 0 Å². The van der Waals surface area contributed by atoms with Gasteiger partial charge in [0.05, 0.1) is 5.69 Å². The van der Waals surface area contributed by atoms with Gasteiger partial charge in [-0.25, -0.2) is 9.78 Å². The highest BCUT2D eigenvalue weighted by atomic mass is 32.1. The molecule has 2 heterocycles. The smallest absolute Gasteiger partial charge is 0.348 e. The summed E-state index contributed by atoms with van der Waals surface area (Å²) in [6, 6.07) is 1.96. The molecule has 0 atom stereocenters. The van der Waals surface area contributed by atoms with E-state index in [0.29, 0.717) is 10.6 Å². The largest absolute Gasteiger partial charge is 0.477 e. The molecule has 2 aromatic rings. The molecule has 2 N–H and O–H groups in total. The first-order valence-electron chi connectivity index (χ1n) is 4.86. The Morgan fingerprint density at radius 3 is 2.75 bits per heavy atom. The van der Waals surface area contributed by atoms with Gasteiger partial charge in [0.2, 0.25) is 0 Å². The number of rotatable bonds is 2. The average Bonchev–Trinajstić information content (AvgIpc) is 2.56. The number of aromatic carboxylic acids is 1. The third-order valence-electron chi connectivity index (χ3n) is 2.43. The lowest BCUT2D eigenvalue weighted by Crippen LogP contribution is -1.98. The van der Waals surface area contributed by atoms with E-state index in [1.807, 2.05) is 19.9 Å². The lowest BCUT2D eigenvalue weighted by atomic mass is 10.1. The Hall–Kier alpha value is -1.62. The van der Waals surface area contributed by atoms with Crippen molar-refractivity contribution in [3.05, 3.63) is 22.2 Å².